The minimum absolute atomic E-state index is 0.0150. The number of alkyl halides is 3. The van der Waals surface area contributed by atoms with Gasteiger partial charge >= 0.3 is 23.9 Å². The molecule has 10 aromatic heterocycles. The standard InChI is InChI=1S/C7H11N3O2.C6H7F3N2O.2C6H10N2O.2C5H10N4.C5H9N3.2C5H8N2O.C5H8N2S/c1-4(2)5-9-7(12-10-5)6(11)8-3;1-3(2)4-10-5(12-11-4)6(7,8)9;1-4(2)6-8-7-5(3)9-6;1-4(2)6-7-5(3)9-8-6;1-4(2)5-6-7-8-9(5)3;1-4(2)5-6-8-9(3)7-5;1-4(2)5-6-3-7-8-5;1-4(2)5-7-6-3-8-5;1-4(2)5-6-3-8-7-5;1-4(2)5-3-8-7-6-5/h4H,1-3H3,(H,8,11);3H,1-2H3;4*4H,1-3H3;3-4H,1-2H3,(H,6,7,8);3*3-4H,1-2H3. The maximum Gasteiger partial charge on any atom is 0.471 e. The number of hydrogen-bond donors (Lipinski definition) is 2. The minimum Gasteiger partial charge on any atom is -0.428 e. The summed E-state index contributed by atoms with van der Waals surface area (Å²) in [4.78, 5) is 31.3. The molecule has 0 saturated carbocycles. The Kier molecular flexibility index (Phi) is 37.0. The average Bonchev–Trinajstić information content (AvgIpc) is 2.06. The minimum atomic E-state index is -4.54. The van der Waals surface area contributed by atoms with E-state index < -0.39 is 12.1 Å². The van der Waals surface area contributed by atoms with Crippen molar-refractivity contribution in [3.63, 3.8) is 0 Å². The summed E-state index contributed by atoms with van der Waals surface area (Å²) in [5, 5.41) is 66.2. The first-order valence-corrected chi connectivity index (χ1v) is 30.1. The number of nitrogens with one attached hydrogen (secondary N) is 2. The Balaban J connectivity index is 0.000000513. The first-order valence-electron chi connectivity index (χ1n) is 29.3. The van der Waals surface area contributed by atoms with Crippen LogP contribution >= 0.6 is 11.5 Å². The van der Waals surface area contributed by atoms with E-state index in [4.69, 9.17) is 17.9 Å². The summed E-state index contributed by atoms with van der Waals surface area (Å²) in [5.74, 6) is 9.11. The third kappa shape index (κ3) is 32.6. The molecule has 0 saturated heterocycles. The fraction of sp³-hybridized carbons (Fsp3) is 0.655. The summed E-state index contributed by atoms with van der Waals surface area (Å²) in [7, 11) is 5.12. The lowest BCUT2D eigenvalue weighted by Crippen LogP contribution is -2.18. The fourth-order valence-corrected chi connectivity index (χ4v) is 6.00. The van der Waals surface area contributed by atoms with Gasteiger partial charge in [-0.2, -0.15) is 43.0 Å². The van der Waals surface area contributed by atoms with E-state index in [1.807, 2.05) is 95.5 Å². The predicted octanol–water partition coefficient (Wildman–Crippen LogP) is 11.4. The van der Waals surface area contributed by atoms with Crippen molar-refractivity contribution in [3.8, 4) is 0 Å². The van der Waals surface area contributed by atoms with Gasteiger partial charge in [-0.1, -0.05) is 164 Å². The van der Waals surface area contributed by atoms with Crippen LogP contribution < -0.4 is 5.32 Å². The van der Waals surface area contributed by atoms with E-state index >= 15 is 0 Å². The van der Waals surface area contributed by atoms with Crippen molar-refractivity contribution in [1.29, 1.82) is 0 Å². The van der Waals surface area contributed by atoms with Crippen molar-refractivity contribution in [2.24, 2.45) is 14.1 Å². The molecule has 1 amide bonds. The molecule has 0 bridgehead atoms. The van der Waals surface area contributed by atoms with Gasteiger partial charge in [0.25, 0.3) is 0 Å². The third-order valence-electron chi connectivity index (χ3n) is 10.6. The number of nitrogens with zero attached hydrogens (tertiary/aromatic N) is 24. The van der Waals surface area contributed by atoms with Gasteiger partial charge in [0.1, 0.15) is 12.2 Å². The SMILES string of the molecule is CC(C)c1csnn1.CC(C)c1ncn[nH]1.CC(C)c1ncon1.CC(C)c1nnco1.CC(C)c1nnn(C)n1.CC(C)c1nnnn1C.CC(C)c1noc(C(F)(F)F)n1.CNC(=O)c1nc(C(C)C)no1.Cc1nc(C(C)C)no1.Cc1nnc(C(C)C)o1. The summed E-state index contributed by atoms with van der Waals surface area (Å²) < 4.78 is 69.0. The summed E-state index contributed by atoms with van der Waals surface area (Å²) in [6.07, 6.45) is -0.333. The van der Waals surface area contributed by atoms with E-state index in [0.717, 1.165) is 34.8 Å². The van der Waals surface area contributed by atoms with E-state index in [9.17, 15) is 18.0 Å². The molecule has 0 spiro atoms. The molecule has 0 aliphatic rings. The van der Waals surface area contributed by atoms with Gasteiger partial charge in [0.2, 0.25) is 36.4 Å². The lowest BCUT2D eigenvalue weighted by Gasteiger charge is -1.98. The Hall–Kier alpha value is -9.06. The number of carbonyl (C=O) groups excluding carboxylic acids is 1. The molecule has 0 aliphatic heterocycles. The van der Waals surface area contributed by atoms with Gasteiger partial charge in [-0.3, -0.25) is 9.89 Å². The van der Waals surface area contributed by atoms with Crippen LogP contribution in [-0.4, -0.2) is 139 Å². The van der Waals surface area contributed by atoms with Gasteiger partial charge in [0.05, 0.1) is 12.7 Å². The number of hydrogen-bond acceptors (Lipinski definition) is 30. The molecule has 10 aromatic rings. The normalized spacial score (nSPS) is 10.8. The highest BCUT2D eigenvalue weighted by atomic mass is 32.1. The van der Waals surface area contributed by atoms with Crippen LogP contribution in [0.25, 0.3) is 0 Å². The largest absolute Gasteiger partial charge is 0.471 e. The van der Waals surface area contributed by atoms with Crippen LogP contribution in [0, 0.1) is 13.8 Å². The number of carbonyl (C=O) groups is 1. The second-order valence-corrected chi connectivity index (χ2v) is 23.0. The van der Waals surface area contributed by atoms with Gasteiger partial charge in [-0.05, 0) is 33.1 Å². The first kappa shape index (κ1) is 81.0. The fourth-order valence-electron chi connectivity index (χ4n) is 5.39. The Labute approximate surface area is 537 Å². The highest BCUT2D eigenvalue weighted by Gasteiger charge is 2.38. The molecule has 0 atom stereocenters. The highest BCUT2D eigenvalue weighted by molar-refractivity contribution is 7.03. The lowest BCUT2D eigenvalue weighted by molar-refractivity contribution is -0.159. The van der Waals surface area contributed by atoms with Gasteiger partial charge in [0.15, 0.2) is 34.9 Å². The van der Waals surface area contributed by atoms with Crippen molar-refractivity contribution in [2.45, 2.75) is 218 Å². The summed E-state index contributed by atoms with van der Waals surface area (Å²) in [5.41, 5.74) is 1.09. The van der Waals surface area contributed by atoms with E-state index in [1.165, 1.54) is 42.5 Å². The Bertz CT molecular complexity index is 3120. The topological polar surface area (TPSA) is 417 Å². The number of tetrazole rings is 2. The van der Waals surface area contributed by atoms with Gasteiger partial charge in [-0.15, -0.1) is 40.8 Å². The zero-order valence-corrected chi connectivity index (χ0v) is 58.0. The molecule has 0 unspecified atom stereocenters. The zero-order chi connectivity index (χ0) is 69.8. The molecule has 33 nitrogen and oxygen atoms in total. The number of H-pyrrole nitrogens is 1. The summed E-state index contributed by atoms with van der Waals surface area (Å²) in [6, 6.07) is 0. The molecule has 92 heavy (non-hydrogen) atoms. The van der Waals surface area contributed by atoms with E-state index in [1.54, 1.807) is 39.4 Å². The Morgan fingerprint density at radius 3 is 1.42 bits per heavy atom. The van der Waals surface area contributed by atoms with E-state index in [-0.39, 0.29) is 29.5 Å². The van der Waals surface area contributed by atoms with Gasteiger partial charge in [0, 0.05) is 86.6 Å². The molecule has 510 valence electrons. The van der Waals surface area contributed by atoms with Crippen LogP contribution in [-0.2, 0) is 20.3 Å². The van der Waals surface area contributed by atoms with Crippen LogP contribution in [0.4, 0.5) is 13.2 Å². The van der Waals surface area contributed by atoms with Crippen molar-refractivity contribution < 1.29 is 44.9 Å². The van der Waals surface area contributed by atoms with Gasteiger partial charge < -0.3 is 32.2 Å². The Morgan fingerprint density at radius 1 is 0.576 bits per heavy atom. The third-order valence-corrected chi connectivity index (χ3v) is 11.1. The monoisotopic (exact) mass is 1320 g/mol. The smallest absolute Gasteiger partial charge is 0.428 e. The lowest BCUT2D eigenvalue weighted by atomic mass is 10.2. The van der Waals surface area contributed by atoms with Crippen LogP contribution in [0.3, 0.4) is 0 Å². The molecule has 0 radical (unpaired) electrons. The van der Waals surface area contributed by atoms with Crippen molar-refractivity contribution in [3.05, 3.63) is 106 Å². The quantitative estimate of drug-likeness (QED) is 0.121. The molecule has 0 aliphatic carbocycles. The Morgan fingerprint density at radius 2 is 1.16 bits per heavy atom. The van der Waals surface area contributed by atoms with E-state index in [0.29, 0.717) is 76.7 Å². The molecule has 37 heteroatoms. The molecule has 2 N–H and O–H groups in total. The first-order chi connectivity index (χ1) is 43.1. The average molecular weight is 1320 g/mol. The number of rotatable bonds is 11. The van der Waals surface area contributed by atoms with Crippen LogP contribution in [0.5, 0.6) is 0 Å². The molecule has 10 rings (SSSR count). The maximum atomic E-state index is 11.9. The van der Waals surface area contributed by atoms with Crippen molar-refractivity contribution in [2.75, 3.05) is 7.05 Å². The molecule has 0 aromatic carbocycles. The highest BCUT2D eigenvalue weighted by Crippen LogP contribution is 2.28. The zero-order valence-electron chi connectivity index (χ0n) is 57.2. The van der Waals surface area contributed by atoms with Gasteiger partial charge in [-0.25, -0.2) is 9.67 Å². The summed E-state index contributed by atoms with van der Waals surface area (Å²) >= 11 is 1.41. The second kappa shape index (κ2) is 42.1. The van der Waals surface area contributed by atoms with Crippen molar-refractivity contribution in [1.82, 2.24) is 131 Å². The number of aromatic nitrogens is 25. The molecule has 0 fully saturated rings. The van der Waals surface area contributed by atoms with Crippen LogP contribution in [0.1, 0.15) is 284 Å². The van der Waals surface area contributed by atoms with Crippen LogP contribution in [0.2, 0.25) is 0 Å². The molecule has 10 heterocycles. The number of amides is 1. The number of aryl methyl sites for hydroxylation is 4. The predicted molar refractivity (Wildman–Crippen MR) is 328 cm³/mol. The molecular weight excluding hydrogens is 1230 g/mol. The van der Waals surface area contributed by atoms with E-state index in [2.05, 4.69) is 173 Å². The summed E-state index contributed by atoms with van der Waals surface area (Å²) in [6.45, 7) is 43.5. The maximum absolute atomic E-state index is 11.9. The van der Waals surface area contributed by atoms with Crippen LogP contribution in [0.15, 0.2) is 51.4 Å². The number of aromatic amines is 1. The van der Waals surface area contributed by atoms with Crippen molar-refractivity contribution >= 4 is 17.4 Å². The number of halogens is 3. The second-order valence-electron chi connectivity index (χ2n) is 22.4. The molecular formula is C55H91F3N26O7S.